The number of carbonyl (C=O) groups excluding carboxylic acids is 1. The van der Waals surface area contributed by atoms with Crippen LogP contribution in [0.5, 0.6) is 0 Å². The van der Waals surface area contributed by atoms with Crippen LogP contribution in [0.15, 0.2) is 0 Å². The predicted molar refractivity (Wildman–Crippen MR) is 52.0 cm³/mol. The molecule has 1 fully saturated rings. The zero-order valence-corrected chi connectivity index (χ0v) is 8.36. The van der Waals surface area contributed by atoms with E-state index in [0.717, 1.165) is 13.0 Å². The lowest BCUT2D eigenvalue weighted by molar-refractivity contribution is -0.134. The highest BCUT2D eigenvalue weighted by Gasteiger charge is 2.26. The fraction of sp³-hybridized carbons (Fsp3) is 0.889. The minimum atomic E-state index is -0.405. The quantitative estimate of drug-likeness (QED) is 0.580. The van der Waals surface area contributed by atoms with Gasteiger partial charge >= 0.3 is 0 Å². The van der Waals surface area contributed by atoms with Crippen LogP contribution in [0.1, 0.15) is 20.3 Å². The van der Waals surface area contributed by atoms with Gasteiger partial charge in [0, 0.05) is 19.1 Å². The summed E-state index contributed by atoms with van der Waals surface area (Å²) in [5.74, 6) is 0.508. The molecule has 1 saturated heterocycles. The molecule has 0 aromatic heterocycles. The van der Waals surface area contributed by atoms with Gasteiger partial charge < -0.3 is 16.4 Å². The van der Waals surface area contributed by atoms with Crippen LogP contribution in [0.3, 0.4) is 0 Å². The molecular formula is C9H19N3O. The van der Waals surface area contributed by atoms with E-state index in [9.17, 15) is 4.79 Å². The number of hydrogen-bond acceptors (Lipinski definition) is 3. The molecule has 1 heterocycles. The summed E-state index contributed by atoms with van der Waals surface area (Å²) in [6, 6.07) is -0.288. The van der Waals surface area contributed by atoms with E-state index >= 15 is 0 Å². The van der Waals surface area contributed by atoms with Crippen LogP contribution >= 0.6 is 0 Å². The van der Waals surface area contributed by atoms with Gasteiger partial charge in [-0.25, -0.2) is 0 Å². The van der Waals surface area contributed by atoms with Crippen LogP contribution in [0.2, 0.25) is 0 Å². The number of nitrogens with two attached hydrogens (primary N) is 2. The van der Waals surface area contributed by atoms with Crippen LogP contribution in [0.4, 0.5) is 0 Å². The summed E-state index contributed by atoms with van der Waals surface area (Å²) >= 11 is 0. The molecule has 4 N–H and O–H groups in total. The number of piperidine rings is 1. The number of carbonyl (C=O) groups is 1. The lowest BCUT2D eigenvalue weighted by atomic mass is 9.96. The summed E-state index contributed by atoms with van der Waals surface area (Å²) in [6.07, 6.45) is 1.00. The Hall–Kier alpha value is -0.610. The summed E-state index contributed by atoms with van der Waals surface area (Å²) in [5, 5.41) is 0. The van der Waals surface area contributed by atoms with Gasteiger partial charge in [0.1, 0.15) is 0 Å². The molecule has 1 rings (SSSR count). The second-order valence-electron chi connectivity index (χ2n) is 4.13. The molecule has 0 radical (unpaired) electrons. The molecule has 3 atom stereocenters. The Labute approximate surface area is 79.3 Å². The van der Waals surface area contributed by atoms with Crippen LogP contribution in [-0.4, -0.2) is 36.0 Å². The monoisotopic (exact) mass is 185 g/mol. The molecule has 4 nitrogen and oxygen atoms in total. The Morgan fingerprint density at radius 1 is 1.54 bits per heavy atom. The summed E-state index contributed by atoms with van der Waals surface area (Å²) in [7, 11) is 0. The molecule has 0 saturated carbocycles. The minimum absolute atomic E-state index is 0.0157. The second-order valence-corrected chi connectivity index (χ2v) is 4.13. The Balaban J connectivity index is 2.55. The molecule has 0 aliphatic carbocycles. The van der Waals surface area contributed by atoms with Gasteiger partial charge in [0.05, 0.1) is 6.04 Å². The Morgan fingerprint density at radius 2 is 2.15 bits per heavy atom. The van der Waals surface area contributed by atoms with Crippen molar-refractivity contribution < 1.29 is 4.79 Å². The lowest BCUT2D eigenvalue weighted by Crippen LogP contribution is -2.52. The Bertz CT molecular complexity index is 183. The molecular weight excluding hydrogens is 166 g/mol. The van der Waals surface area contributed by atoms with Crippen LogP contribution in [-0.2, 0) is 4.79 Å². The van der Waals surface area contributed by atoms with Gasteiger partial charge in [0.2, 0.25) is 5.91 Å². The smallest absolute Gasteiger partial charge is 0.239 e. The number of amides is 1. The van der Waals surface area contributed by atoms with Crippen molar-refractivity contribution in [3.05, 3.63) is 0 Å². The maximum absolute atomic E-state index is 11.5. The molecule has 0 bridgehead atoms. The van der Waals surface area contributed by atoms with Gasteiger partial charge in [-0.1, -0.05) is 6.92 Å². The molecule has 1 amide bonds. The summed E-state index contributed by atoms with van der Waals surface area (Å²) in [4.78, 5) is 13.3. The molecule has 4 heteroatoms. The van der Waals surface area contributed by atoms with Crippen LogP contribution < -0.4 is 11.5 Å². The maximum Gasteiger partial charge on any atom is 0.239 e. The number of hydrogen-bond donors (Lipinski definition) is 2. The van der Waals surface area contributed by atoms with Crippen LogP contribution in [0.25, 0.3) is 0 Å². The fourth-order valence-corrected chi connectivity index (χ4v) is 1.87. The van der Waals surface area contributed by atoms with E-state index < -0.39 is 6.04 Å². The molecule has 0 spiro atoms. The minimum Gasteiger partial charge on any atom is -0.340 e. The molecule has 76 valence electrons. The molecule has 1 aliphatic heterocycles. The number of likely N-dealkylation sites (tertiary alicyclic amines) is 1. The van der Waals surface area contributed by atoms with Gasteiger partial charge in [-0.3, -0.25) is 4.79 Å². The average molecular weight is 185 g/mol. The second kappa shape index (κ2) is 4.07. The topological polar surface area (TPSA) is 72.4 Å². The molecule has 13 heavy (non-hydrogen) atoms. The zero-order chi connectivity index (χ0) is 10.0. The molecule has 0 aromatic rings. The highest BCUT2D eigenvalue weighted by molar-refractivity contribution is 5.81. The van der Waals surface area contributed by atoms with Crippen molar-refractivity contribution in [2.45, 2.75) is 32.4 Å². The fourth-order valence-electron chi connectivity index (χ4n) is 1.87. The Kier molecular flexibility index (Phi) is 3.27. The first kappa shape index (κ1) is 10.5. The third kappa shape index (κ3) is 2.67. The molecule has 0 aromatic carbocycles. The van der Waals surface area contributed by atoms with Crippen LogP contribution in [0, 0.1) is 5.92 Å². The predicted octanol–water partition coefficient (Wildman–Crippen LogP) is -0.471. The van der Waals surface area contributed by atoms with Crippen molar-refractivity contribution in [2.24, 2.45) is 17.4 Å². The van der Waals surface area contributed by atoms with E-state index in [1.165, 1.54) is 0 Å². The highest BCUT2D eigenvalue weighted by Crippen LogP contribution is 2.15. The highest BCUT2D eigenvalue weighted by atomic mass is 16.2. The zero-order valence-electron chi connectivity index (χ0n) is 8.36. The first-order chi connectivity index (χ1) is 6.00. The van der Waals surface area contributed by atoms with E-state index in [1.807, 2.05) is 0 Å². The van der Waals surface area contributed by atoms with Crippen molar-refractivity contribution >= 4 is 5.91 Å². The van der Waals surface area contributed by atoms with Gasteiger partial charge in [-0.2, -0.15) is 0 Å². The maximum atomic E-state index is 11.5. The number of rotatable bonds is 1. The Morgan fingerprint density at radius 3 is 2.62 bits per heavy atom. The summed E-state index contributed by atoms with van der Waals surface area (Å²) < 4.78 is 0. The molecule has 1 unspecified atom stereocenters. The SMILES string of the molecule is CC(N)C(=O)N1C[C@@H](C)C[C@H](N)C1. The van der Waals surface area contributed by atoms with E-state index in [1.54, 1.807) is 11.8 Å². The summed E-state index contributed by atoms with van der Waals surface area (Å²) in [5.41, 5.74) is 11.3. The summed E-state index contributed by atoms with van der Waals surface area (Å²) in [6.45, 7) is 5.28. The lowest BCUT2D eigenvalue weighted by Gasteiger charge is -2.35. The van der Waals surface area contributed by atoms with E-state index in [-0.39, 0.29) is 11.9 Å². The first-order valence-corrected chi connectivity index (χ1v) is 4.80. The standard InChI is InChI=1S/C9H19N3O/c1-6-3-8(11)5-12(4-6)9(13)7(2)10/h6-8H,3-5,10-11H2,1-2H3/t6-,7?,8-/m0/s1. The first-order valence-electron chi connectivity index (χ1n) is 4.80. The van der Waals surface area contributed by atoms with Crippen molar-refractivity contribution in [3.63, 3.8) is 0 Å². The van der Waals surface area contributed by atoms with Gasteiger partial charge in [-0.15, -0.1) is 0 Å². The van der Waals surface area contributed by atoms with E-state index in [0.29, 0.717) is 12.5 Å². The average Bonchev–Trinajstić information content (AvgIpc) is 2.01. The van der Waals surface area contributed by atoms with Crippen molar-refractivity contribution in [3.8, 4) is 0 Å². The third-order valence-corrected chi connectivity index (χ3v) is 2.39. The van der Waals surface area contributed by atoms with Gasteiger partial charge in [0.15, 0.2) is 0 Å². The van der Waals surface area contributed by atoms with E-state index in [4.69, 9.17) is 11.5 Å². The van der Waals surface area contributed by atoms with Crippen molar-refractivity contribution in [1.29, 1.82) is 0 Å². The van der Waals surface area contributed by atoms with Gasteiger partial charge in [-0.05, 0) is 19.3 Å². The van der Waals surface area contributed by atoms with Gasteiger partial charge in [0.25, 0.3) is 0 Å². The molecule has 1 aliphatic rings. The number of nitrogens with zero attached hydrogens (tertiary/aromatic N) is 1. The van der Waals surface area contributed by atoms with Crippen molar-refractivity contribution in [2.75, 3.05) is 13.1 Å². The normalized spacial score (nSPS) is 31.5. The van der Waals surface area contributed by atoms with E-state index in [2.05, 4.69) is 6.92 Å². The van der Waals surface area contributed by atoms with Crippen molar-refractivity contribution in [1.82, 2.24) is 4.90 Å². The third-order valence-electron chi connectivity index (χ3n) is 2.39. The largest absolute Gasteiger partial charge is 0.340 e.